The molecule has 4 heteroatoms. The highest BCUT2D eigenvalue weighted by Crippen LogP contribution is 2.36. The molecule has 1 aliphatic heterocycles. The van der Waals surface area contributed by atoms with Crippen LogP contribution in [-0.4, -0.2) is 24.6 Å². The molecule has 1 heterocycles. The number of rotatable bonds is 0. The van der Waals surface area contributed by atoms with Gasteiger partial charge in [0.15, 0.2) is 6.29 Å². The molecule has 0 N–H and O–H groups in total. The van der Waals surface area contributed by atoms with E-state index in [0.717, 1.165) is 0 Å². The van der Waals surface area contributed by atoms with Gasteiger partial charge in [0.05, 0.1) is 11.2 Å². The second kappa shape index (κ2) is 3.17. The first-order valence-electron chi connectivity index (χ1n) is 4.19. The van der Waals surface area contributed by atoms with E-state index in [4.69, 9.17) is 9.31 Å². The maximum atomic E-state index is 10.00. The number of hydrogen-bond acceptors (Lipinski definition) is 3. The summed E-state index contributed by atoms with van der Waals surface area (Å²) in [4.78, 5) is 10.00. The first-order valence-corrected chi connectivity index (χ1v) is 4.19. The van der Waals surface area contributed by atoms with Crippen LogP contribution in [0, 0.1) is 11.7 Å². The molecule has 1 rings (SSSR count). The number of carbonyl (C=O) groups excluding carboxylic acids is 1. The van der Waals surface area contributed by atoms with Crippen LogP contribution in [0.15, 0.2) is 0 Å². The molecule has 0 spiro atoms. The van der Waals surface area contributed by atoms with Gasteiger partial charge >= 0.3 is 7.12 Å². The minimum Gasteiger partial charge on any atom is -0.392 e. The highest BCUT2D eigenvalue weighted by atomic mass is 16.7. The van der Waals surface area contributed by atoms with Crippen molar-refractivity contribution in [2.75, 3.05) is 0 Å². The zero-order valence-electron chi connectivity index (χ0n) is 8.38. The molecule has 0 aliphatic carbocycles. The monoisotopic (exact) mass is 180 g/mol. The summed E-state index contributed by atoms with van der Waals surface area (Å²) in [6, 6.07) is 0. The summed E-state index contributed by atoms with van der Waals surface area (Å²) in [6.45, 7) is 7.76. The fourth-order valence-corrected chi connectivity index (χ4v) is 1.00. The molecule has 0 aromatic rings. The lowest BCUT2D eigenvalue weighted by Crippen LogP contribution is -2.41. The van der Waals surface area contributed by atoms with E-state index < -0.39 is 7.12 Å². The highest BCUT2D eigenvalue weighted by molar-refractivity contribution is 6.55. The lowest BCUT2D eigenvalue weighted by atomic mass is 9.90. The van der Waals surface area contributed by atoms with E-state index in [1.54, 1.807) is 0 Å². The Morgan fingerprint density at radius 3 is 2.00 bits per heavy atom. The predicted octanol–water partition coefficient (Wildman–Crippen LogP) is 0.820. The van der Waals surface area contributed by atoms with E-state index in [2.05, 4.69) is 11.7 Å². The van der Waals surface area contributed by atoms with Crippen molar-refractivity contribution in [3.63, 3.8) is 0 Å². The van der Waals surface area contributed by atoms with Crippen LogP contribution in [0.25, 0.3) is 0 Å². The third kappa shape index (κ3) is 1.93. The Hall–Kier alpha value is -0.785. The summed E-state index contributed by atoms with van der Waals surface area (Å²) >= 11 is 0. The average Bonchev–Trinajstić information content (AvgIpc) is 2.17. The van der Waals surface area contributed by atoms with E-state index in [9.17, 15) is 4.79 Å². The zero-order chi connectivity index (χ0) is 10.1. The van der Waals surface area contributed by atoms with Crippen molar-refractivity contribution in [2.45, 2.75) is 38.9 Å². The van der Waals surface area contributed by atoms with Crippen molar-refractivity contribution < 1.29 is 14.1 Å². The second-order valence-electron chi connectivity index (χ2n) is 3.99. The van der Waals surface area contributed by atoms with Crippen LogP contribution in [0.4, 0.5) is 0 Å². The molecule has 0 saturated carbocycles. The van der Waals surface area contributed by atoms with Gasteiger partial charge in [0.25, 0.3) is 0 Å². The Morgan fingerprint density at radius 2 is 1.62 bits per heavy atom. The summed E-state index contributed by atoms with van der Waals surface area (Å²) in [5, 5.41) is 0. The van der Waals surface area contributed by atoms with Gasteiger partial charge < -0.3 is 9.31 Å². The van der Waals surface area contributed by atoms with Crippen molar-refractivity contribution in [1.29, 1.82) is 0 Å². The molecule has 3 nitrogen and oxygen atoms in total. The second-order valence-corrected chi connectivity index (χ2v) is 3.99. The largest absolute Gasteiger partial charge is 0.551 e. The van der Waals surface area contributed by atoms with Crippen LogP contribution < -0.4 is 0 Å². The summed E-state index contributed by atoms with van der Waals surface area (Å²) in [6.07, 6.45) is 0.533. The smallest absolute Gasteiger partial charge is 0.392 e. The van der Waals surface area contributed by atoms with Crippen molar-refractivity contribution in [1.82, 2.24) is 0 Å². The Morgan fingerprint density at radius 1 is 1.15 bits per heavy atom. The number of carbonyl (C=O) groups is 1. The summed E-state index contributed by atoms with van der Waals surface area (Å²) in [5.41, 5.74) is -0.759. The molecule has 0 amide bonds. The average molecular weight is 180 g/mol. The number of aldehydes is 1. The van der Waals surface area contributed by atoms with Crippen LogP contribution in [0.5, 0.6) is 0 Å². The van der Waals surface area contributed by atoms with Gasteiger partial charge in [-0.3, -0.25) is 4.79 Å². The minimum atomic E-state index is -0.588. The Kier molecular flexibility index (Phi) is 2.51. The normalized spacial score (nSPS) is 23.5. The molecule has 0 bridgehead atoms. The molecule has 0 unspecified atom stereocenters. The third-order valence-corrected chi connectivity index (χ3v) is 2.51. The maximum absolute atomic E-state index is 10.00. The zero-order valence-corrected chi connectivity index (χ0v) is 8.38. The van der Waals surface area contributed by atoms with Crippen LogP contribution in [-0.2, 0) is 14.1 Å². The van der Waals surface area contributed by atoms with Gasteiger partial charge in [0, 0.05) is 0 Å². The molecule has 0 radical (unpaired) electrons. The van der Waals surface area contributed by atoms with Gasteiger partial charge in [-0.25, -0.2) is 0 Å². The van der Waals surface area contributed by atoms with Gasteiger partial charge in [-0.05, 0) is 33.6 Å². The maximum Gasteiger partial charge on any atom is 0.551 e. The molecule has 13 heavy (non-hydrogen) atoms. The van der Waals surface area contributed by atoms with Gasteiger partial charge in [-0.1, -0.05) is 5.82 Å². The lowest BCUT2D eigenvalue weighted by molar-refractivity contribution is -0.103. The molecule has 0 aromatic heterocycles. The Labute approximate surface area is 78.9 Å². The topological polar surface area (TPSA) is 35.5 Å². The van der Waals surface area contributed by atoms with Crippen molar-refractivity contribution in [2.24, 2.45) is 0 Å². The molecule has 70 valence electrons. The van der Waals surface area contributed by atoms with Crippen molar-refractivity contribution in [3.05, 3.63) is 0 Å². The summed E-state index contributed by atoms with van der Waals surface area (Å²) in [5.74, 6) is 4.87. The molecule has 1 saturated heterocycles. The molecular formula is C9H13BO3. The fourth-order valence-electron chi connectivity index (χ4n) is 1.00. The van der Waals surface area contributed by atoms with Crippen molar-refractivity contribution >= 4 is 13.4 Å². The van der Waals surface area contributed by atoms with Crippen LogP contribution >= 0.6 is 0 Å². The summed E-state index contributed by atoms with van der Waals surface area (Å²) in [7, 11) is -0.588. The van der Waals surface area contributed by atoms with Gasteiger partial charge in [0.1, 0.15) is 0 Å². The first kappa shape index (κ1) is 10.3. The van der Waals surface area contributed by atoms with Crippen molar-refractivity contribution in [3.8, 4) is 11.7 Å². The van der Waals surface area contributed by atoms with E-state index in [-0.39, 0.29) is 11.2 Å². The lowest BCUT2D eigenvalue weighted by Gasteiger charge is -2.32. The Bertz CT molecular complexity index is 256. The molecule has 0 aromatic carbocycles. The predicted molar refractivity (Wildman–Crippen MR) is 49.9 cm³/mol. The van der Waals surface area contributed by atoms with E-state index in [1.807, 2.05) is 27.7 Å². The molecule has 0 atom stereocenters. The van der Waals surface area contributed by atoms with Gasteiger partial charge in [-0.15, -0.1) is 0 Å². The molecule has 1 fully saturated rings. The standard InChI is InChI=1S/C9H13BO3/c1-8(2)9(3,4)13-10(12-8)6-5-7-11/h7H,1-4H3. The third-order valence-electron chi connectivity index (χ3n) is 2.51. The Balaban J connectivity index is 2.76. The summed E-state index contributed by atoms with van der Waals surface area (Å²) < 4.78 is 11.0. The molecule has 1 aliphatic rings. The van der Waals surface area contributed by atoms with Gasteiger partial charge in [0.2, 0.25) is 0 Å². The molecular weight excluding hydrogens is 167 g/mol. The highest BCUT2D eigenvalue weighted by Gasteiger charge is 2.50. The van der Waals surface area contributed by atoms with E-state index >= 15 is 0 Å². The van der Waals surface area contributed by atoms with Gasteiger partial charge in [-0.2, -0.15) is 0 Å². The quantitative estimate of drug-likeness (QED) is 0.314. The fraction of sp³-hybridized carbons (Fsp3) is 0.667. The first-order chi connectivity index (χ1) is 5.89. The van der Waals surface area contributed by atoms with Crippen LogP contribution in [0.2, 0.25) is 0 Å². The van der Waals surface area contributed by atoms with Crippen LogP contribution in [0.3, 0.4) is 0 Å². The minimum absolute atomic E-state index is 0.380. The number of hydrogen-bond donors (Lipinski definition) is 0. The van der Waals surface area contributed by atoms with E-state index in [1.165, 1.54) is 0 Å². The van der Waals surface area contributed by atoms with E-state index in [0.29, 0.717) is 6.29 Å². The SMILES string of the molecule is CC1(C)OB(C#CC=O)OC1(C)C. The van der Waals surface area contributed by atoms with Crippen LogP contribution in [0.1, 0.15) is 27.7 Å².